The number of aliphatic hydroxyl groups is 1. The Labute approximate surface area is 608 Å². The van der Waals surface area contributed by atoms with Crippen LogP contribution in [0, 0.1) is 22.7 Å². The van der Waals surface area contributed by atoms with Gasteiger partial charge in [0.15, 0.2) is 12.2 Å². The van der Waals surface area contributed by atoms with Crippen molar-refractivity contribution in [2.75, 3.05) is 40.4 Å². The third-order valence-corrected chi connectivity index (χ3v) is 24.6. The van der Waals surface area contributed by atoms with Crippen molar-refractivity contribution in [1.82, 2.24) is 51.3 Å². The number of carbonyl (C=O) groups is 8. The summed E-state index contributed by atoms with van der Waals surface area (Å²) in [6.07, 6.45) is 6.85. The van der Waals surface area contributed by atoms with Gasteiger partial charge in [0.05, 0.1) is 58.5 Å². The van der Waals surface area contributed by atoms with Crippen LogP contribution in [0.25, 0.3) is 34.0 Å². The van der Waals surface area contributed by atoms with E-state index in [0.29, 0.717) is 44.5 Å². The number of aromatic nitrogens is 2. The molecule has 0 aliphatic carbocycles. The van der Waals surface area contributed by atoms with Crippen LogP contribution < -0.4 is 31.9 Å². The minimum absolute atomic E-state index is 0. The van der Waals surface area contributed by atoms with E-state index in [2.05, 4.69) is 66.5 Å². The number of nitrogens with one attached hydrogen (secondary N) is 4. The van der Waals surface area contributed by atoms with Crippen molar-refractivity contribution in [3.05, 3.63) is 156 Å². The van der Waals surface area contributed by atoms with Gasteiger partial charge < -0.3 is 39.4 Å². The van der Waals surface area contributed by atoms with Crippen molar-refractivity contribution < 1.29 is 57.4 Å². The first-order valence-electron chi connectivity index (χ1n) is 35.0. The number of hydrogen-bond acceptors (Lipinski definition) is 16. The van der Waals surface area contributed by atoms with Crippen LogP contribution in [0.2, 0.25) is 5.04 Å². The van der Waals surface area contributed by atoms with Gasteiger partial charge in [-0.15, -0.1) is 0 Å². The summed E-state index contributed by atoms with van der Waals surface area (Å²) in [7, 11) is 0.283. The Morgan fingerprint density at radius 1 is 0.563 bits per heavy atom. The molecule has 8 atom stereocenters. The van der Waals surface area contributed by atoms with E-state index in [4.69, 9.17) is 23.9 Å². The maximum absolute atomic E-state index is 14.9. The van der Waals surface area contributed by atoms with Crippen LogP contribution in [0.3, 0.4) is 0 Å². The molecule has 2 aromatic heterocycles. The van der Waals surface area contributed by atoms with Crippen LogP contribution in [0.15, 0.2) is 133 Å². The average molecular weight is 1430 g/mol. The summed E-state index contributed by atoms with van der Waals surface area (Å²) in [4.78, 5) is 124. The maximum atomic E-state index is 14.9. The molecule has 10 bridgehead atoms. The predicted molar refractivity (Wildman–Crippen MR) is 405 cm³/mol. The second kappa shape index (κ2) is 34.1. The minimum atomic E-state index is -3.18. The summed E-state index contributed by atoms with van der Waals surface area (Å²) in [6.45, 7) is 24.0. The first-order chi connectivity index (χ1) is 47.7. The van der Waals surface area contributed by atoms with E-state index < -0.39 is 115 Å². The van der Waals surface area contributed by atoms with Gasteiger partial charge in [0.2, 0.25) is 11.8 Å². The summed E-state index contributed by atoms with van der Waals surface area (Å²) in [5.41, 5.74) is 8.60. The fourth-order valence-corrected chi connectivity index (χ4v) is 17.5. The van der Waals surface area contributed by atoms with Crippen molar-refractivity contribution in [3.8, 4) is 0 Å². The van der Waals surface area contributed by atoms with Crippen LogP contribution in [0.4, 0.5) is 0 Å². The number of amides is 6. The third-order valence-electron chi connectivity index (χ3n) is 19.6. The SMILES string of the molecule is C.C.CC(C)[C@@H]1OC(=O)C(C)(C)/C=C/c2ccc3ccc(nc3c2)[C@@H](C)N(C)C(=O)[C@@H]2CCCN(N2)C(=O)[C@H](CO)NC1=O.CC(C)[C@@H]1OC(=O)C(C)(C)/C=C/c2ccc3ccc(nc3c2)[C@@H](C)N(C)C(=O)[C@@H]2CCCN(N2)C(=O)[C@H](CO[Si](c2ccccc2)(c2ccccc2)C(C)(C)C)NC1=O. The molecule has 0 radical (unpaired) electrons. The average Bonchev–Trinajstić information content (AvgIpc) is 0.770. The number of ether oxygens (including phenoxy) is 2. The molecule has 22 nitrogen and oxygen atoms in total. The zero-order valence-electron chi connectivity index (χ0n) is 60.9. The van der Waals surface area contributed by atoms with Crippen molar-refractivity contribution in [3.63, 3.8) is 0 Å². The quantitative estimate of drug-likeness (QED) is 0.0701. The molecule has 103 heavy (non-hydrogen) atoms. The normalized spacial score (nSPS) is 24.1. The second-order valence-electron chi connectivity index (χ2n) is 29.8. The van der Waals surface area contributed by atoms with Gasteiger partial charge in [-0.05, 0) is 130 Å². The molecule has 0 saturated carbocycles. The molecular weight excluding hydrogens is 1320 g/mol. The Bertz CT molecular complexity index is 4040. The van der Waals surface area contributed by atoms with E-state index >= 15 is 0 Å². The summed E-state index contributed by atoms with van der Waals surface area (Å²) in [5, 5.41) is 21.7. The highest BCUT2D eigenvalue weighted by molar-refractivity contribution is 6.99. The Morgan fingerprint density at radius 3 is 1.32 bits per heavy atom. The van der Waals surface area contributed by atoms with E-state index in [0.717, 1.165) is 49.0 Å². The Morgan fingerprint density at radius 2 is 0.942 bits per heavy atom. The molecule has 23 heteroatoms. The molecule has 10 rings (SSSR count). The van der Waals surface area contributed by atoms with E-state index in [-0.39, 0.29) is 45.4 Å². The Hall–Kier alpha value is -9.00. The summed E-state index contributed by atoms with van der Waals surface area (Å²) >= 11 is 0. The molecule has 4 aromatic carbocycles. The summed E-state index contributed by atoms with van der Waals surface area (Å²) < 4.78 is 18.9. The van der Waals surface area contributed by atoms with E-state index in [1.54, 1.807) is 91.4 Å². The number of cyclic esters (lactones) is 2. The molecular formula is C80H108N10O12Si. The molecule has 2 fully saturated rings. The zero-order valence-corrected chi connectivity index (χ0v) is 61.9. The van der Waals surface area contributed by atoms with Gasteiger partial charge >= 0.3 is 11.9 Å². The highest BCUT2D eigenvalue weighted by Gasteiger charge is 2.51. The van der Waals surface area contributed by atoms with Gasteiger partial charge in [-0.2, -0.15) is 0 Å². The first kappa shape index (κ1) is 81.3. The molecule has 554 valence electrons. The molecule has 6 heterocycles. The fourth-order valence-electron chi connectivity index (χ4n) is 13.0. The number of rotatable bonds is 8. The van der Waals surface area contributed by atoms with Crippen LogP contribution >= 0.6 is 0 Å². The van der Waals surface area contributed by atoms with Crippen molar-refractivity contribution in [1.29, 1.82) is 0 Å². The van der Waals surface area contributed by atoms with Gasteiger partial charge in [-0.3, -0.25) is 58.3 Å². The lowest BCUT2D eigenvalue weighted by Gasteiger charge is -2.44. The number of hydrogen-bond donors (Lipinski definition) is 5. The number of likely N-dealkylation sites (N-methyl/N-ethyl adjacent to an activating group) is 2. The number of nitrogens with zero attached hydrogens (tertiary/aromatic N) is 6. The summed E-state index contributed by atoms with van der Waals surface area (Å²) in [5.74, 6) is -4.77. The molecule has 4 aliphatic rings. The number of pyridine rings is 2. The molecule has 6 aromatic rings. The smallest absolute Gasteiger partial charge is 0.316 e. The van der Waals surface area contributed by atoms with E-state index in [1.165, 1.54) is 10.0 Å². The number of esters is 2. The third kappa shape index (κ3) is 18.5. The lowest BCUT2D eigenvalue weighted by Crippen LogP contribution is -2.68. The monoisotopic (exact) mass is 1430 g/mol. The maximum Gasteiger partial charge on any atom is 0.316 e. The molecule has 4 aliphatic heterocycles. The minimum Gasteiger partial charge on any atom is -0.451 e. The van der Waals surface area contributed by atoms with Crippen LogP contribution in [-0.2, 0) is 52.3 Å². The standard InChI is InChI=1S/C47H59N5O6Si.C31H41N5O6.2CH4/c1-31(2)41-42(53)49-40(30-57-59(46(4,5)6,35-17-12-10-13-18-35)36-19-14-11-15-20-36)44(55)52-28-16-21-38(50-52)43(54)51(9)32(3)37-25-24-34-23-22-33(29-39(34)48-37)26-27-47(7,8)45(56)58-41;1-18(2)26-27(38)33-25(17-37)29(40)36-15-7-8-23(34-36)28(39)35(6)19(3)22-12-11-21-10-9-20(16-24(21)32-22)13-14-31(4,5)30(41)42-26;;/h10-15,17-20,22-27,29,31-32,38,40-41,50H,16,21,28,30H2,1-9H3,(H,49,53);9-14,16,18-19,23,25-26,34,37H,7-8,15,17H2,1-6H3,(H,33,38);2*1H4/b27-26+;14-13+;;/t32-,38+,40+,41+;19-,23+,25+,26+;;/m11../s1. The zero-order chi connectivity index (χ0) is 73.5. The topological polar surface area (TPSA) is 271 Å². The summed E-state index contributed by atoms with van der Waals surface area (Å²) in [6, 6.07) is 34.9. The van der Waals surface area contributed by atoms with Crippen LogP contribution in [0.1, 0.15) is 165 Å². The van der Waals surface area contributed by atoms with Gasteiger partial charge in [-0.25, -0.2) is 10.9 Å². The molecule has 5 N–H and O–H groups in total. The lowest BCUT2D eigenvalue weighted by atomic mass is 9.91. The van der Waals surface area contributed by atoms with Gasteiger partial charge in [-0.1, -0.05) is 185 Å². The lowest BCUT2D eigenvalue weighted by molar-refractivity contribution is -0.165. The van der Waals surface area contributed by atoms with Crippen molar-refractivity contribution >= 4 is 100 Å². The van der Waals surface area contributed by atoms with Crippen molar-refractivity contribution in [2.45, 2.75) is 184 Å². The molecule has 0 unspecified atom stereocenters. The van der Waals surface area contributed by atoms with Crippen LogP contribution in [-0.4, -0.2) is 167 Å². The highest BCUT2D eigenvalue weighted by atomic mass is 28.4. The van der Waals surface area contributed by atoms with Gasteiger partial charge in [0, 0.05) is 38.0 Å². The number of fused-ring (bicyclic) bond motifs is 8. The van der Waals surface area contributed by atoms with E-state index in [9.17, 15) is 43.5 Å². The number of hydrazine groups is 2. The first-order valence-corrected chi connectivity index (χ1v) is 36.9. The molecule has 0 spiro atoms. The fraction of sp³-hybridized carbons (Fsp3) is 0.475. The Kier molecular flexibility index (Phi) is 26.9. The Balaban J connectivity index is 0.000000299. The largest absolute Gasteiger partial charge is 0.451 e. The van der Waals surface area contributed by atoms with E-state index in [1.807, 2.05) is 123 Å². The number of carbonyl (C=O) groups excluding carboxylic acids is 8. The predicted octanol–water partition coefficient (Wildman–Crippen LogP) is 9.55. The van der Waals surface area contributed by atoms with Crippen LogP contribution in [0.5, 0.6) is 0 Å². The van der Waals surface area contributed by atoms with Crippen molar-refractivity contribution in [2.24, 2.45) is 22.7 Å². The number of benzene rings is 4. The second-order valence-corrected chi connectivity index (χ2v) is 34.1. The van der Waals surface area contributed by atoms with Gasteiger partial charge in [0.1, 0.15) is 24.2 Å². The molecule has 6 amide bonds. The number of aliphatic hydroxyl groups excluding tert-OH is 1. The van der Waals surface area contributed by atoms with Gasteiger partial charge in [0.25, 0.3) is 31.9 Å². The molecule has 2 saturated heterocycles. The highest BCUT2D eigenvalue weighted by Crippen LogP contribution is 2.38.